The van der Waals surface area contributed by atoms with Crippen LogP contribution in [0.1, 0.15) is 0 Å². The van der Waals surface area contributed by atoms with Gasteiger partial charge in [-0.25, -0.2) is 0 Å². The second-order valence-electron chi connectivity index (χ2n) is 4.20. The molecule has 1 atom stereocenters. The summed E-state index contributed by atoms with van der Waals surface area (Å²) in [5.74, 6) is 1.47. The molecule has 2 rings (SSSR count). The fraction of sp³-hybridized carbons (Fsp3) is 0.538. The fourth-order valence-electron chi connectivity index (χ4n) is 2.19. The zero-order valence-electron chi connectivity index (χ0n) is 10.9. The first-order valence-electron chi connectivity index (χ1n) is 6.06. The maximum Gasteiger partial charge on any atom is 0.162 e. The van der Waals surface area contributed by atoms with Crippen LogP contribution in [-0.4, -0.2) is 46.6 Å². The molecule has 1 unspecified atom stereocenters. The summed E-state index contributed by atoms with van der Waals surface area (Å²) in [5.41, 5.74) is 6.87. The molecule has 1 aromatic rings. The molecule has 100 valence electrons. The van der Waals surface area contributed by atoms with E-state index in [4.69, 9.17) is 19.9 Å². The number of rotatable bonds is 4. The van der Waals surface area contributed by atoms with E-state index in [0.717, 1.165) is 30.3 Å². The SMILES string of the molecule is COc1ccc(N2CCOCC2CN)cc1OC. The van der Waals surface area contributed by atoms with E-state index in [9.17, 15) is 0 Å². The fourth-order valence-corrected chi connectivity index (χ4v) is 2.19. The highest BCUT2D eigenvalue weighted by Crippen LogP contribution is 2.32. The quantitative estimate of drug-likeness (QED) is 0.861. The molecule has 0 amide bonds. The van der Waals surface area contributed by atoms with Gasteiger partial charge in [0.25, 0.3) is 0 Å². The molecule has 1 aliphatic heterocycles. The standard InChI is InChI=1S/C13H20N2O3/c1-16-12-4-3-10(7-13(12)17-2)15-5-6-18-9-11(15)8-14/h3-4,7,11H,5-6,8-9,14H2,1-2H3. The zero-order valence-corrected chi connectivity index (χ0v) is 10.9. The minimum atomic E-state index is 0.219. The Hall–Kier alpha value is -1.46. The smallest absolute Gasteiger partial charge is 0.162 e. The van der Waals surface area contributed by atoms with Crippen LogP contribution in [0.4, 0.5) is 5.69 Å². The third kappa shape index (κ3) is 2.52. The van der Waals surface area contributed by atoms with Crippen LogP contribution in [0.3, 0.4) is 0 Å². The minimum absolute atomic E-state index is 0.219. The van der Waals surface area contributed by atoms with E-state index in [0.29, 0.717) is 13.2 Å². The molecule has 1 aromatic carbocycles. The van der Waals surface area contributed by atoms with Gasteiger partial charge in [0.05, 0.1) is 33.5 Å². The second kappa shape index (κ2) is 5.93. The Bertz CT molecular complexity index is 398. The van der Waals surface area contributed by atoms with Crippen LogP contribution in [0.15, 0.2) is 18.2 Å². The Kier molecular flexibility index (Phi) is 4.28. The molecule has 1 heterocycles. The topological polar surface area (TPSA) is 57.0 Å². The van der Waals surface area contributed by atoms with E-state index in [1.807, 2.05) is 18.2 Å². The predicted molar refractivity (Wildman–Crippen MR) is 70.6 cm³/mol. The highest BCUT2D eigenvalue weighted by molar-refractivity contribution is 5.57. The molecular formula is C13H20N2O3. The normalized spacial score (nSPS) is 19.7. The first kappa shape index (κ1) is 13.0. The maximum absolute atomic E-state index is 5.78. The van der Waals surface area contributed by atoms with Gasteiger partial charge in [-0.3, -0.25) is 0 Å². The molecule has 5 heteroatoms. The van der Waals surface area contributed by atoms with Crippen LogP contribution in [0.2, 0.25) is 0 Å². The third-order valence-corrected chi connectivity index (χ3v) is 3.20. The van der Waals surface area contributed by atoms with Crippen molar-refractivity contribution in [1.29, 1.82) is 0 Å². The monoisotopic (exact) mass is 252 g/mol. The number of hydrogen-bond donors (Lipinski definition) is 1. The number of benzene rings is 1. The van der Waals surface area contributed by atoms with Crippen molar-refractivity contribution in [3.8, 4) is 11.5 Å². The lowest BCUT2D eigenvalue weighted by atomic mass is 10.1. The third-order valence-electron chi connectivity index (χ3n) is 3.20. The van der Waals surface area contributed by atoms with Crippen LogP contribution in [-0.2, 0) is 4.74 Å². The van der Waals surface area contributed by atoms with Crippen molar-refractivity contribution >= 4 is 5.69 Å². The van der Waals surface area contributed by atoms with Gasteiger partial charge in [0, 0.05) is 24.8 Å². The average molecular weight is 252 g/mol. The largest absolute Gasteiger partial charge is 0.493 e. The molecular weight excluding hydrogens is 232 g/mol. The van der Waals surface area contributed by atoms with Gasteiger partial charge in [-0.15, -0.1) is 0 Å². The maximum atomic E-state index is 5.78. The van der Waals surface area contributed by atoms with E-state index in [2.05, 4.69) is 4.90 Å². The van der Waals surface area contributed by atoms with Crippen LogP contribution in [0, 0.1) is 0 Å². The molecule has 0 spiro atoms. The highest BCUT2D eigenvalue weighted by Gasteiger charge is 2.22. The number of morpholine rings is 1. The van der Waals surface area contributed by atoms with E-state index in [1.165, 1.54) is 0 Å². The molecule has 1 fully saturated rings. The molecule has 0 bridgehead atoms. The van der Waals surface area contributed by atoms with Crippen molar-refractivity contribution in [1.82, 2.24) is 0 Å². The summed E-state index contributed by atoms with van der Waals surface area (Å²) < 4.78 is 16.0. The number of hydrogen-bond acceptors (Lipinski definition) is 5. The van der Waals surface area contributed by atoms with Gasteiger partial charge >= 0.3 is 0 Å². The zero-order chi connectivity index (χ0) is 13.0. The average Bonchev–Trinajstić information content (AvgIpc) is 2.46. The van der Waals surface area contributed by atoms with Crippen LogP contribution < -0.4 is 20.1 Å². The first-order chi connectivity index (χ1) is 8.80. The van der Waals surface area contributed by atoms with Crippen LogP contribution >= 0.6 is 0 Å². The van der Waals surface area contributed by atoms with Gasteiger partial charge < -0.3 is 24.8 Å². The van der Waals surface area contributed by atoms with Crippen molar-refractivity contribution in [3.63, 3.8) is 0 Å². The van der Waals surface area contributed by atoms with E-state index in [1.54, 1.807) is 14.2 Å². The Morgan fingerprint density at radius 1 is 1.33 bits per heavy atom. The number of nitrogens with zero attached hydrogens (tertiary/aromatic N) is 1. The van der Waals surface area contributed by atoms with Gasteiger partial charge in [-0.2, -0.15) is 0 Å². The molecule has 0 saturated carbocycles. The predicted octanol–water partition coefficient (Wildman–Crippen LogP) is 0.868. The Morgan fingerprint density at radius 3 is 2.78 bits per heavy atom. The lowest BCUT2D eigenvalue weighted by Crippen LogP contribution is -2.49. The van der Waals surface area contributed by atoms with Gasteiger partial charge in [0.15, 0.2) is 11.5 Å². The van der Waals surface area contributed by atoms with E-state index < -0.39 is 0 Å². The summed E-state index contributed by atoms with van der Waals surface area (Å²) in [6.45, 7) is 2.82. The summed E-state index contributed by atoms with van der Waals surface area (Å²) in [7, 11) is 3.27. The molecule has 18 heavy (non-hydrogen) atoms. The lowest BCUT2D eigenvalue weighted by Gasteiger charge is -2.36. The molecule has 0 radical (unpaired) electrons. The number of ether oxygens (including phenoxy) is 3. The number of anilines is 1. The lowest BCUT2D eigenvalue weighted by molar-refractivity contribution is 0.0962. The second-order valence-corrected chi connectivity index (χ2v) is 4.20. The number of methoxy groups -OCH3 is 2. The molecule has 1 aliphatic rings. The molecule has 0 aliphatic carbocycles. The van der Waals surface area contributed by atoms with Gasteiger partial charge in [0.1, 0.15) is 0 Å². The van der Waals surface area contributed by atoms with Crippen molar-refractivity contribution in [3.05, 3.63) is 18.2 Å². The Balaban J connectivity index is 2.26. The molecule has 1 saturated heterocycles. The molecule has 0 aromatic heterocycles. The Morgan fingerprint density at radius 2 is 2.11 bits per heavy atom. The van der Waals surface area contributed by atoms with Crippen molar-refractivity contribution < 1.29 is 14.2 Å². The van der Waals surface area contributed by atoms with E-state index >= 15 is 0 Å². The summed E-state index contributed by atoms with van der Waals surface area (Å²) >= 11 is 0. The van der Waals surface area contributed by atoms with Crippen LogP contribution in [0.5, 0.6) is 11.5 Å². The van der Waals surface area contributed by atoms with Crippen molar-refractivity contribution in [2.75, 3.05) is 45.4 Å². The van der Waals surface area contributed by atoms with Crippen molar-refractivity contribution in [2.45, 2.75) is 6.04 Å². The first-order valence-corrected chi connectivity index (χ1v) is 6.06. The van der Waals surface area contributed by atoms with Gasteiger partial charge in [0.2, 0.25) is 0 Å². The summed E-state index contributed by atoms with van der Waals surface area (Å²) in [5, 5.41) is 0. The van der Waals surface area contributed by atoms with E-state index in [-0.39, 0.29) is 6.04 Å². The van der Waals surface area contributed by atoms with Gasteiger partial charge in [-0.05, 0) is 12.1 Å². The minimum Gasteiger partial charge on any atom is -0.493 e. The summed E-state index contributed by atoms with van der Waals surface area (Å²) in [6.07, 6.45) is 0. The van der Waals surface area contributed by atoms with Crippen molar-refractivity contribution in [2.24, 2.45) is 5.73 Å². The van der Waals surface area contributed by atoms with Gasteiger partial charge in [-0.1, -0.05) is 0 Å². The molecule has 2 N–H and O–H groups in total. The highest BCUT2D eigenvalue weighted by atomic mass is 16.5. The summed E-state index contributed by atoms with van der Waals surface area (Å²) in [4.78, 5) is 2.26. The Labute approximate surface area is 107 Å². The molecule has 5 nitrogen and oxygen atoms in total. The number of nitrogens with two attached hydrogens (primary N) is 1. The van der Waals surface area contributed by atoms with Crippen LogP contribution in [0.25, 0.3) is 0 Å². The summed E-state index contributed by atoms with van der Waals surface area (Å²) in [6, 6.07) is 6.14.